The number of esters is 3. The predicted octanol–water partition coefficient (Wildman–Crippen LogP) is 5.50. The summed E-state index contributed by atoms with van der Waals surface area (Å²) in [6, 6.07) is 0. The van der Waals surface area contributed by atoms with E-state index in [0.717, 1.165) is 18.9 Å². The fourth-order valence-corrected chi connectivity index (χ4v) is 3.50. The van der Waals surface area contributed by atoms with Crippen LogP contribution < -0.4 is 5.32 Å². The number of rotatable bonds is 19. The SMILES string of the molecule is C=CC(=O)OCCNC(=O)OC(CC)(CC)CCCCCC(=O)OC(C)(C)CCOC(=O)C(C)C(C)C. The highest BCUT2D eigenvalue weighted by Crippen LogP contribution is 2.28. The second-order valence-corrected chi connectivity index (χ2v) is 10.3. The van der Waals surface area contributed by atoms with Gasteiger partial charge in [0.05, 0.1) is 19.1 Å². The van der Waals surface area contributed by atoms with Crippen molar-refractivity contribution in [2.75, 3.05) is 19.8 Å². The van der Waals surface area contributed by atoms with Crippen LogP contribution >= 0.6 is 0 Å². The number of unbranched alkanes of at least 4 members (excludes halogenated alkanes) is 2. The molecule has 0 spiro atoms. The monoisotopic (exact) mass is 527 g/mol. The van der Waals surface area contributed by atoms with E-state index < -0.39 is 23.3 Å². The molecule has 0 aromatic heterocycles. The van der Waals surface area contributed by atoms with Gasteiger partial charge in [0.25, 0.3) is 0 Å². The Balaban J connectivity index is 4.32. The lowest BCUT2D eigenvalue weighted by Crippen LogP contribution is -2.39. The maximum Gasteiger partial charge on any atom is 0.407 e. The van der Waals surface area contributed by atoms with Crippen LogP contribution in [0.1, 0.15) is 99.8 Å². The molecular formula is C28H49NO8. The quantitative estimate of drug-likeness (QED) is 0.101. The third-order valence-electron chi connectivity index (χ3n) is 6.60. The second-order valence-electron chi connectivity index (χ2n) is 10.3. The average molecular weight is 528 g/mol. The molecule has 0 rings (SSSR count). The fraction of sp³-hybridized carbons (Fsp3) is 0.786. The number of amides is 1. The number of hydrogen-bond acceptors (Lipinski definition) is 8. The Labute approximate surface area is 223 Å². The van der Waals surface area contributed by atoms with E-state index in [4.69, 9.17) is 18.9 Å². The van der Waals surface area contributed by atoms with Crippen molar-refractivity contribution < 1.29 is 38.1 Å². The van der Waals surface area contributed by atoms with E-state index >= 15 is 0 Å². The molecule has 0 aliphatic rings. The molecule has 1 atom stereocenters. The van der Waals surface area contributed by atoms with Crippen LogP contribution in [-0.4, -0.2) is 55.0 Å². The summed E-state index contributed by atoms with van der Waals surface area (Å²) in [4.78, 5) is 47.5. The highest BCUT2D eigenvalue weighted by Gasteiger charge is 2.30. The van der Waals surface area contributed by atoms with E-state index in [1.54, 1.807) is 0 Å². The average Bonchev–Trinajstić information content (AvgIpc) is 2.84. The van der Waals surface area contributed by atoms with Crippen molar-refractivity contribution in [2.24, 2.45) is 11.8 Å². The Bertz CT molecular complexity index is 728. The largest absolute Gasteiger partial charge is 0.465 e. The lowest BCUT2D eigenvalue weighted by molar-refractivity contribution is -0.160. The summed E-state index contributed by atoms with van der Waals surface area (Å²) >= 11 is 0. The first kappa shape index (κ1) is 34.4. The minimum Gasteiger partial charge on any atom is -0.465 e. The zero-order chi connectivity index (χ0) is 28.5. The van der Waals surface area contributed by atoms with Gasteiger partial charge in [0, 0.05) is 18.9 Å². The number of nitrogens with one attached hydrogen (secondary N) is 1. The summed E-state index contributed by atoms with van der Waals surface area (Å²) in [6.45, 7) is 17.1. The van der Waals surface area contributed by atoms with Crippen LogP contribution in [0.5, 0.6) is 0 Å². The molecule has 0 fully saturated rings. The maximum absolute atomic E-state index is 12.3. The molecule has 0 saturated heterocycles. The highest BCUT2D eigenvalue weighted by molar-refractivity contribution is 5.81. The molecule has 9 heteroatoms. The smallest absolute Gasteiger partial charge is 0.407 e. The second kappa shape index (κ2) is 17.8. The lowest BCUT2D eigenvalue weighted by Gasteiger charge is -2.31. The van der Waals surface area contributed by atoms with Crippen molar-refractivity contribution >= 4 is 24.0 Å². The Morgan fingerprint density at radius 2 is 1.54 bits per heavy atom. The Hall–Kier alpha value is -2.58. The van der Waals surface area contributed by atoms with Crippen LogP contribution in [0.2, 0.25) is 0 Å². The molecule has 0 saturated carbocycles. The summed E-state index contributed by atoms with van der Waals surface area (Å²) in [7, 11) is 0. The Morgan fingerprint density at radius 1 is 0.892 bits per heavy atom. The molecule has 37 heavy (non-hydrogen) atoms. The van der Waals surface area contributed by atoms with Crippen molar-refractivity contribution in [3.8, 4) is 0 Å². The van der Waals surface area contributed by atoms with Gasteiger partial charge in [0.15, 0.2) is 0 Å². The molecule has 0 radical (unpaired) electrons. The van der Waals surface area contributed by atoms with Crippen molar-refractivity contribution in [1.29, 1.82) is 0 Å². The number of carbonyl (C=O) groups excluding carboxylic acids is 4. The Morgan fingerprint density at radius 3 is 2.11 bits per heavy atom. The van der Waals surface area contributed by atoms with E-state index in [2.05, 4.69) is 11.9 Å². The summed E-state index contributed by atoms with van der Waals surface area (Å²) < 4.78 is 21.5. The minimum atomic E-state index is -0.719. The van der Waals surface area contributed by atoms with Gasteiger partial charge in [-0.25, -0.2) is 9.59 Å². The number of carbonyl (C=O) groups is 4. The lowest BCUT2D eigenvalue weighted by atomic mass is 9.90. The van der Waals surface area contributed by atoms with E-state index in [1.165, 1.54) is 0 Å². The van der Waals surface area contributed by atoms with Crippen LogP contribution in [0.15, 0.2) is 12.7 Å². The molecule has 0 heterocycles. The van der Waals surface area contributed by atoms with Crippen LogP contribution in [0.25, 0.3) is 0 Å². The molecule has 0 aliphatic heterocycles. The van der Waals surface area contributed by atoms with Crippen molar-refractivity contribution in [3.63, 3.8) is 0 Å². The highest BCUT2D eigenvalue weighted by atomic mass is 16.6. The van der Waals surface area contributed by atoms with E-state index in [1.807, 2.05) is 48.5 Å². The maximum atomic E-state index is 12.3. The summed E-state index contributed by atoms with van der Waals surface area (Å²) in [5.41, 5.74) is -1.31. The molecule has 214 valence electrons. The van der Waals surface area contributed by atoms with E-state index in [9.17, 15) is 19.2 Å². The summed E-state index contributed by atoms with van der Waals surface area (Å²) in [5.74, 6) is -1.02. The van der Waals surface area contributed by atoms with Gasteiger partial charge in [0.2, 0.25) is 0 Å². The number of ether oxygens (including phenoxy) is 4. The zero-order valence-corrected chi connectivity index (χ0v) is 24.0. The molecule has 1 N–H and O–H groups in total. The van der Waals surface area contributed by atoms with Gasteiger partial charge in [-0.05, 0) is 51.9 Å². The first-order valence-electron chi connectivity index (χ1n) is 13.5. The molecule has 0 bridgehead atoms. The molecule has 0 aliphatic carbocycles. The van der Waals surface area contributed by atoms with E-state index in [0.29, 0.717) is 38.5 Å². The van der Waals surface area contributed by atoms with Gasteiger partial charge in [-0.1, -0.05) is 47.6 Å². The molecule has 9 nitrogen and oxygen atoms in total. The molecule has 1 unspecified atom stereocenters. The topological polar surface area (TPSA) is 117 Å². The third kappa shape index (κ3) is 15.3. The predicted molar refractivity (Wildman–Crippen MR) is 142 cm³/mol. The molecular weight excluding hydrogens is 478 g/mol. The normalized spacial score (nSPS) is 12.4. The van der Waals surface area contributed by atoms with Crippen LogP contribution in [0, 0.1) is 11.8 Å². The summed E-state index contributed by atoms with van der Waals surface area (Å²) in [6.07, 6.45) is 5.51. The van der Waals surface area contributed by atoms with Crippen molar-refractivity contribution in [3.05, 3.63) is 12.7 Å². The van der Waals surface area contributed by atoms with Gasteiger partial charge >= 0.3 is 24.0 Å². The molecule has 0 aromatic carbocycles. The fourth-order valence-electron chi connectivity index (χ4n) is 3.50. The number of alkyl carbamates (subject to hydrolysis) is 1. The molecule has 0 aromatic rings. The first-order valence-corrected chi connectivity index (χ1v) is 13.5. The van der Waals surface area contributed by atoms with Gasteiger partial charge in [-0.15, -0.1) is 0 Å². The van der Waals surface area contributed by atoms with Gasteiger partial charge in [-0.2, -0.15) is 0 Å². The number of hydrogen-bond donors (Lipinski definition) is 1. The molecule has 1 amide bonds. The van der Waals surface area contributed by atoms with Crippen molar-refractivity contribution in [1.82, 2.24) is 5.32 Å². The third-order valence-corrected chi connectivity index (χ3v) is 6.60. The van der Waals surface area contributed by atoms with Gasteiger partial charge in [0.1, 0.15) is 17.8 Å². The first-order chi connectivity index (χ1) is 17.3. The van der Waals surface area contributed by atoms with Crippen LogP contribution in [0.4, 0.5) is 4.79 Å². The van der Waals surface area contributed by atoms with E-state index in [-0.39, 0.29) is 43.5 Å². The van der Waals surface area contributed by atoms with Gasteiger partial charge in [-0.3, -0.25) is 9.59 Å². The standard InChI is InChI=1S/C28H49NO8/c1-9-23(30)34-20-18-29-26(33)37-28(10-2,11-3)16-14-12-13-15-24(31)36-27(7,8)17-19-35-25(32)22(6)21(4)5/h9,21-22H,1,10-20H2,2-8H3,(H,29,33). The van der Waals surface area contributed by atoms with Crippen molar-refractivity contribution in [2.45, 2.75) is 111 Å². The van der Waals surface area contributed by atoms with Gasteiger partial charge < -0.3 is 24.3 Å². The minimum absolute atomic E-state index is 0.0423. The Kier molecular flexibility index (Phi) is 16.6. The summed E-state index contributed by atoms with van der Waals surface area (Å²) in [5, 5.41) is 2.59. The zero-order valence-electron chi connectivity index (χ0n) is 24.0. The van der Waals surface area contributed by atoms with Crippen LogP contribution in [0.3, 0.4) is 0 Å². The van der Waals surface area contributed by atoms with Crippen LogP contribution in [-0.2, 0) is 33.3 Å².